The van der Waals surface area contributed by atoms with Gasteiger partial charge in [-0.05, 0) is 19.1 Å². The number of aryl methyl sites for hydroxylation is 1. The van der Waals surface area contributed by atoms with Gasteiger partial charge in [0.2, 0.25) is 0 Å². The lowest BCUT2D eigenvalue weighted by molar-refractivity contribution is -0.00744. The largest absolute Gasteiger partial charge is 0.387 e. The van der Waals surface area contributed by atoms with Crippen LogP contribution in [0.15, 0.2) is 29.2 Å². The first-order valence-corrected chi connectivity index (χ1v) is 8.34. The lowest BCUT2D eigenvalue weighted by Crippen LogP contribution is -2.42. The lowest BCUT2D eigenvalue weighted by Gasteiger charge is -2.24. The molecule has 0 saturated carbocycles. The summed E-state index contributed by atoms with van der Waals surface area (Å²) in [6.07, 6.45) is -2.47. The molecule has 21 heavy (non-hydrogen) atoms. The zero-order chi connectivity index (χ0) is 15.3. The molecule has 0 bridgehead atoms. The van der Waals surface area contributed by atoms with Crippen molar-refractivity contribution in [3.63, 3.8) is 0 Å². The maximum Gasteiger partial charge on any atom is 0.297 e. The summed E-state index contributed by atoms with van der Waals surface area (Å²) < 4.78 is 40.5. The van der Waals surface area contributed by atoms with Crippen LogP contribution in [0.1, 0.15) is 5.56 Å². The molecule has 0 aromatic heterocycles. The molecule has 1 N–H and O–H groups in total. The fourth-order valence-corrected chi connectivity index (χ4v) is 3.93. The molecule has 2 fully saturated rings. The summed E-state index contributed by atoms with van der Waals surface area (Å²) in [4.78, 5) is -1.14. The van der Waals surface area contributed by atoms with Gasteiger partial charge in [0, 0.05) is 0 Å². The molecule has 8 heteroatoms. The molecule has 6 nitrogen and oxygen atoms in total. The van der Waals surface area contributed by atoms with E-state index in [4.69, 9.17) is 13.7 Å². The lowest BCUT2D eigenvalue weighted by atomic mass is 10.1. The second-order valence-electron chi connectivity index (χ2n) is 5.23. The Balaban J connectivity index is 1.79. The molecule has 3 rings (SSSR count). The molecule has 116 valence electrons. The molecular weight excluding hydrogens is 316 g/mol. The fraction of sp³-hybridized carbons (Fsp3) is 0.538. The third kappa shape index (κ3) is 2.60. The van der Waals surface area contributed by atoms with E-state index in [1.54, 1.807) is 12.1 Å². The molecule has 0 spiro atoms. The second kappa shape index (κ2) is 5.22. The Morgan fingerprint density at radius 2 is 2.00 bits per heavy atom. The number of hydrogen-bond acceptors (Lipinski definition) is 7. The van der Waals surface area contributed by atoms with Gasteiger partial charge >= 0.3 is 0 Å². The average molecular weight is 332 g/mol. The monoisotopic (exact) mass is 332 g/mol. The number of rotatable bonds is 3. The van der Waals surface area contributed by atoms with Crippen molar-refractivity contribution >= 4 is 22.7 Å². The minimum absolute atomic E-state index is 0.00365. The highest BCUT2D eigenvalue weighted by Crippen LogP contribution is 2.42. The van der Waals surface area contributed by atoms with Crippen LogP contribution < -0.4 is 0 Å². The Morgan fingerprint density at radius 1 is 1.33 bits per heavy atom. The molecule has 2 heterocycles. The molecule has 2 unspecified atom stereocenters. The van der Waals surface area contributed by atoms with Gasteiger partial charge in [0.05, 0.1) is 18.1 Å². The Kier molecular flexibility index (Phi) is 3.79. The van der Waals surface area contributed by atoms with Crippen molar-refractivity contribution in [2.75, 3.05) is 13.2 Å². The van der Waals surface area contributed by atoms with Crippen molar-refractivity contribution in [1.29, 1.82) is 0 Å². The number of aliphatic hydroxyl groups is 1. The van der Waals surface area contributed by atoms with E-state index in [0.717, 1.165) is 5.56 Å². The van der Waals surface area contributed by atoms with Gasteiger partial charge in [0.15, 0.2) is 4.93 Å². The number of hydrogen-bond donors (Lipinski definition) is 2. The molecule has 0 aliphatic carbocycles. The number of ether oxygens (including phenoxy) is 2. The third-order valence-electron chi connectivity index (χ3n) is 3.70. The quantitative estimate of drug-likeness (QED) is 0.619. The number of thiol groups is 1. The average Bonchev–Trinajstić information content (AvgIpc) is 2.89. The van der Waals surface area contributed by atoms with E-state index >= 15 is 0 Å². The van der Waals surface area contributed by atoms with Gasteiger partial charge in [-0.15, -0.1) is 12.6 Å². The van der Waals surface area contributed by atoms with Gasteiger partial charge in [-0.2, -0.15) is 8.42 Å². The van der Waals surface area contributed by atoms with E-state index in [2.05, 4.69) is 12.6 Å². The minimum Gasteiger partial charge on any atom is -0.387 e. The van der Waals surface area contributed by atoms with Crippen molar-refractivity contribution in [3.05, 3.63) is 29.8 Å². The smallest absolute Gasteiger partial charge is 0.297 e. The summed E-state index contributed by atoms with van der Waals surface area (Å²) in [6.45, 7) is 1.90. The van der Waals surface area contributed by atoms with E-state index in [0.29, 0.717) is 0 Å². The summed E-state index contributed by atoms with van der Waals surface area (Å²) in [5.74, 6) is 0. The van der Waals surface area contributed by atoms with E-state index in [1.165, 1.54) is 12.1 Å². The van der Waals surface area contributed by atoms with Crippen molar-refractivity contribution < 1.29 is 27.2 Å². The molecule has 4 atom stereocenters. The van der Waals surface area contributed by atoms with Crippen LogP contribution in [0.3, 0.4) is 0 Å². The Morgan fingerprint density at radius 3 is 2.67 bits per heavy atom. The van der Waals surface area contributed by atoms with Crippen LogP contribution in [-0.2, 0) is 23.8 Å². The van der Waals surface area contributed by atoms with E-state index in [1.807, 2.05) is 6.92 Å². The summed E-state index contributed by atoms with van der Waals surface area (Å²) in [7, 11) is -3.92. The maximum atomic E-state index is 12.3. The van der Waals surface area contributed by atoms with Crippen LogP contribution in [-0.4, -0.2) is 50.0 Å². The van der Waals surface area contributed by atoms with Gasteiger partial charge < -0.3 is 14.6 Å². The Hall–Kier alpha value is -0.640. The topological polar surface area (TPSA) is 82.1 Å². The number of aliphatic hydroxyl groups excluding tert-OH is 1. The standard InChI is InChI=1S/C13H16O6S2/c1-8-2-4-9(5-3-8)21(15,16)19-10-6-18-13(20)11(14)7-17-12(10)13/h2-5,10-12,14,20H,6-7H2,1H3/t10-,11+,12?,13?/m1/s1. The first kappa shape index (κ1) is 15.3. The molecule has 2 aliphatic rings. The molecule has 1 aromatic rings. The Bertz CT molecular complexity index is 629. The molecule has 2 saturated heterocycles. The zero-order valence-corrected chi connectivity index (χ0v) is 13.0. The number of fused-ring (bicyclic) bond motifs is 1. The Labute approximate surface area is 128 Å². The maximum absolute atomic E-state index is 12.3. The summed E-state index contributed by atoms with van der Waals surface area (Å²) in [5, 5.41) is 9.79. The van der Waals surface area contributed by atoms with Gasteiger partial charge in [-0.1, -0.05) is 17.7 Å². The molecule has 1 aromatic carbocycles. The van der Waals surface area contributed by atoms with Crippen LogP contribution >= 0.6 is 12.6 Å². The molecular formula is C13H16O6S2. The first-order chi connectivity index (χ1) is 9.83. The van der Waals surface area contributed by atoms with Crippen molar-refractivity contribution in [3.8, 4) is 0 Å². The van der Waals surface area contributed by atoms with Gasteiger partial charge in [0.25, 0.3) is 10.1 Å². The SMILES string of the molecule is Cc1ccc(S(=O)(=O)O[C@@H]2COC3(S)C2OC[C@@H]3O)cc1. The third-order valence-corrected chi connectivity index (χ3v) is 5.73. The van der Waals surface area contributed by atoms with E-state index in [9.17, 15) is 13.5 Å². The van der Waals surface area contributed by atoms with Crippen molar-refractivity contribution in [1.82, 2.24) is 0 Å². The second-order valence-corrected chi connectivity index (χ2v) is 7.51. The zero-order valence-electron chi connectivity index (χ0n) is 11.3. The van der Waals surface area contributed by atoms with Crippen molar-refractivity contribution in [2.24, 2.45) is 0 Å². The molecule has 0 amide bonds. The summed E-state index contributed by atoms with van der Waals surface area (Å²) >= 11 is 4.27. The summed E-state index contributed by atoms with van der Waals surface area (Å²) in [5.41, 5.74) is 0.953. The normalized spacial score (nSPS) is 35.9. The highest BCUT2D eigenvalue weighted by molar-refractivity contribution is 7.86. The van der Waals surface area contributed by atoms with Gasteiger partial charge in [0.1, 0.15) is 18.3 Å². The van der Waals surface area contributed by atoms with Gasteiger partial charge in [-0.25, -0.2) is 0 Å². The van der Waals surface area contributed by atoms with Crippen LogP contribution in [0.2, 0.25) is 0 Å². The predicted molar refractivity (Wildman–Crippen MR) is 76.7 cm³/mol. The highest BCUT2D eigenvalue weighted by atomic mass is 32.2. The molecule has 0 radical (unpaired) electrons. The summed E-state index contributed by atoms with van der Waals surface area (Å²) in [6, 6.07) is 6.36. The van der Waals surface area contributed by atoms with Crippen LogP contribution in [0.25, 0.3) is 0 Å². The predicted octanol–water partition coefficient (Wildman–Crippen LogP) is 0.485. The highest BCUT2D eigenvalue weighted by Gasteiger charge is 2.59. The van der Waals surface area contributed by atoms with E-state index in [-0.39, 0.29) is 18.1 Å². The van der Waals surface area contributed by atoms with Crippen LogP contribution in [0.4, 0.5) is 0 Å². The van der Waals surface area contributed by atoms with Crippen molar-refractivity contribution in [2.45, 2.75) is 35.1 Å². The van der Waals surface area contributed by atoms with Gasteiger partial charge in [-0.3, -0.25) is 4.18 Å². The number of benzene rings is 1. The first-order valence-electron chi connectivity index (χ1n) is 6.49. The fourth-order valence-electron chi connectivity index (χ4n) is 2.48. The minimum atomic E-state index is -3.92. The van der Waals surface area contributed by atoms with Crippen LogP contribution in [0.5, 0.6) is 0 Å². The van der Waals surface area contributed by atoms with Crippen LogP contribution in [0, 0.1) is 6.92 Å². The molecule has 2 aliphatic heterocycles. The van der Waals surface area contributed by atoms with E-state index < -0.39 is 33.4 Å².